The Morgan fingerprint density at radius 1 is 1.22 bits per heavy atom. The van der Waals surface area contributed by atoms with Crippen molar-refractivity contribution in [3.05, 3.63) is 54.4 Å². The molecule has 2 heterocycles. The lowest BCUT2D eigenvalue weighted by molar-refractivity contribution is 0.439. The van der Waals surface area contributed by atoms with Crippen LogP contribution in [0.3, 0.4) is 0 Å². The number of nitrogens with two attached hydrogens (primary N) is 1. The van der Waals surface area contributed by atoms with Gasteiger partial charge in [0.25, 0.3) is 0 Å². The van der Waals surface area contributed by atoms with E-state index in [1.54, 1.807) is 12.3 Å². The molecule has 3 aromatic rings. The predicted molar refractivity (Wildman–Crippen MR) is 67.7 cm³/mol. The van der Waals surface area contributed by atoms with Crippen molar-refractivity contribution >= 4 is 5.88 Å². The first kappa shape index (κ1) is 10.6. The van der Waals surface area contributed by atoms with Crippen molar-refractivity contribution in [2.75, 3.05) is 5.73 Å². The molecule has 0 unspecified atom stereocenters. The molecular formula is C13H12N4O. The Labute approximate surface area is 104 Å². The molecule has 0 saturated heterocycles. The molecule has 18 heavy (non-hydrogen) atoms. The van der Waals surface area contributed by atoms with Crippen LogP contribution in [0.4, 0.5) is 5.88 Å². The van der Waals surface area contributed by atoms with E-state index in [-0.39, 0.29) is 0 Å². The molecule has 5 nitrogen and oxygen atoms in total. The second-order valence-corrected chi connectivity index (χ2v) is 4.03. The third-order valence-electron chi connectivity index (χ3n) is 2.64. The minimum atomic E-state index is 0.306. The van der Waals surface area contributed by atoms with E-state index >= 15 is 0 Å². The highest BCUT2D eigenvalue weighted by Crippen LogP contribution is 2.19. The minimum absolute atomic E-state index is 0.306. The SMILES string of the molecule is Nc1cc(-c2cnn(Cc3ccccc3)c2)no1. The van der Waals surface area contributed by atoms with E-state index in [4.69, 9.17) is 10.3 Å². The lowest BCUT2D eigenvalue weighted by Gasteiger charge is -2.00. The van der Waals surface area contributed by atoms with E-state index in [2.05, 4.69) is 22.4 Å². The Bertz CT molecular complexity index is 642. The molecular weight excluding hydrogens is 228 g/mol. The van der Waals surface area contributed by atoms with Gasteiger partial charge in [-0.3, -0.25) is 4.68 Å². The van der Waals surface area contributed by atoms with Gasteiger partial charge in [-0.25, -0.2) is 0 Å². The maximum absolute atomic E-state index is 5.49. The van der Waals surface area contributed by atoms with E-state index in [0.29, 0.717) is 11.6 Å². The van der Waals surface area contributed by atoms with Crippen LogP contribution in [-0.4, -0.2) is 14.9 Å². The summed E-state index contributed by atoms with van der Waals surface area (Å²) in [5.74, 6) is 0.306. The van der Waals surface area contributed by atoms with Crippen LogP contribution in [0.5, 0.6) is 0 Å². The standard InChI is InChI=1S/C13H12N4O/c14-13-6-12(16-18-13)11-7-15-17(9-11)8-10-4-2-1-3-5-10/h1-7,9H,8,14H2. The van der Waals surface area contributed by atoms with Crippen LogP contribution in [0.1, 0.15) is 5.56 Å². The second kappa shape index (κ2) is 4.37. The highest BCUT2D eigenvalue weighted by Gasteiger charge is 2.07. The summed E-state index contributed by atoms with van der Waals surface area (Å²) in [6, 6.07) is 11.8. The van der Waals surface area contributed by atoms with Crippen molar-refractivity contribution in [3.63, 3.8) is 0 Å². The van der Waals surface area contributed by atoms with Gasteiger partial charge in [0, 0.05) is 17.8 Å². The van der Waals surface area contributed by atoms with E-state index in [1.165, 1.54) is 5.56 Å². The zero-order chi connectivity index (χ0) is 12.4. The molecule has 2 N–H and O–H groups in total. The molecule has 0 radical (unpaired) electrons. The number of hydrogen-bond donors (Lipinski definition) is 1. The topological polar surface area (TPSA) is 69.9 Å². The first-order chi connectivity index (χ1) is 8.81. The maximum atomic E-state index is 5.49. The molecule has 90 valence electrons. The molecule has 0 saturated carbocycles. The number of rotatable bonds is 3. The van der Waals surface area contributed by atoms with Gasteiger partial charge < -0.3 is 10.3 Å². The molecule has 0 aliphatic carbocycles. The van der Waals surface area contributed by atoms with Crippen molar-refractivity contribution in [1.29, 1.82) is 0 Å². The smallest absolute Gasteiger partial charge is 0.222 e. The number of nitrogens with zero attached hydrogens (tertiary/aromatic N) is 3. The number of aromatic nitrogens is 3. The van der Waals surface area contributed by atoms with Crippen LogP contribution in [-0.2, 0) is 6.54 Å². The molecule has 0 bridgehead atoms. The van der Waals surface area contributed by atoms with Crippen LogP contribution in [0.2, 0.25) is 0 Å². The zero-order valence-electron chi connectivity index (χ0n) is 9.65. The van der Waals surface area contributed by atoms with Crippen LogP contribution < -0.4 is 5.73 Å². The Balaban J connectivity index is 1.82. The van der Waals surface area contributed by atoms with Gasteiger partial charge in [-0.1, -0.05) is 35.5 Å². The van der Waals surface area contributed by atoms with Crippen molar-refractivity contribution < 1.29 is 4.52 Å². The summed E-state index contributed by atoms with van der Waals surface area (Å²) in [5.41, 5.74) is 8.29. The normalized spacial score (nSPS) is 10.7. The molecule has 0 amide bonds. The largest absolute Gasteiger partial charge is 0.368 e. The molecule has 5 heteroatoms. The van der Waals surface area contributed by atoms with Gasteiger partial charge >= 0.3 is 0 Å². The predicted octanol–water partition coefficient (Wildman–Crippen LogP) is 2.17. The molecule has 3 rings (SSSR count). The Morgan fingerprint density at radius 3 is 2.78 bits per heavy atom. The Kier molecular flexibility index (Phi) is 2.57. The number of benzene rings is 1. The quantitative estimate of drug-likeness (QED) is 0.761. The van der Waals surface area contributed by atoms with Gasteiger partial charge in [0.05, 0.1) is 12.7 Å². The van der Waals surface area contributed by atoms with E-state index in [0.717, 1.165) is 12.1 Å². The van der Waals surface area contributed by atoms with Gasteiger partial charge in [0.2, 0.25) is 5.88 Å². The fourth-order valence-electron chi connectivity index (χ4n) is 1.78. The van der Waals surface area contributed by atoms with Gasteiger partial charge in [-0.2, -0.15) is 5.10 Å². The lowest BCUT2D eigenvalue weighted by atomic mass is 10.2. The molecule has 1 aromatic carbocycles. The summed E-state index contributed by atoms with van der Waals surface area (Å²) >= 11 is 0. The summed E-state index contributed by atoms with van der Waals surface area (Å²) in [5, 5.41) is 8.14. The van der Waals surface area contributed by atoms with Gasteiger partial charge in [-0.15, -0.1) is 0 Å². The van der Waals surface area contributed by atoms with Crippen LogP contribution in [0.25, 0.3) is 11.3 Å². The van der Waals surface area contributed by atoms with Crippen LogP contribution >= 0.6 is 0 Å². The molecule has 0 fully saturated rings. The zero-order valence-corrected chi connectivity index (χ0v) is 9.65. The Morgan fingerprint density at radius 2 is 2.06 bits per heavy atom. The van der Waals surface area contributed by atoms with E-state index in [9.17, 15) is 0 Å². The third-order valence-corrected chi connectivity index (χ3v) is 2.64. The van der Waals surface area contributed by atoms with E-state index in [1.807, 2.05) is 29.1 Å². The van der Waals surface area contributed by atoms with Crippen molar-refractivity contribution in [2.45, 2.75) is 6.54 Å². The fourth-order valence-corrected chi connectivity index (χ4v) is 1.78. The maximum Gasteiger partial charge on any atom is 0.222 e. The molecule has 0 spiro atoms. The van der Waals surface area contributed by atoms with Crippen molar-refractivity contribution in [3.8, 4) is 11.3 Å². The summed E-state index contributed by atoms with van der Waals surface area (Å²) < 4.78 is 6.69. The highest BCUT2D eigenvalue weighted by atomic mass is 16.5. The van der Waals surface area contributed by atoms with E-state index < -0.39 is 0 Å². The van der Waals surface area contributed by atoms with Crippen molar-refractivity contribution in [2.24, 2.45) is 0 Å². The summed E-state index contributed by atoms with van der Waals surface area (Å²) in [7, 11) is 0. The minimum Gasteiger partial charge on any atom is -0.368 e. The average Bonchev–Trinajstić information content (AvgIpc) is 2.99. The highest BCUT2D eigenvalue weighted by molar-refractivity contribution is 5.59. The first-order valence-electron chi connectivity index (χ1n) is 5.60. The molecule has 0 aliphatic heterocycles. The summed E-state index contributed by atoms with van der Waals surface area (Å²) in [6.45, 7) is 0.730. The average molecular weight is 240 g/mol. The number of anilines is 1. The fraction of sp³-hybridized carbons (Fsp3) is 0.0769. The second-order valence-electron chi connectivity index (χ2n) is 4.03. The van der Waals surface area contributed by atoms with Gasteiger partial charge in [0.15, 0.2) is 0 Å². The van der Waals surface area contributed by atoms with Crippen molar-refractivity contribution in [1.82, 2.24) is 14.9 Å². The first-order valence-corrected chi connectivity index (χ1v) is 5.60. The summed E-state index contributed by atoms with van der Waals surface area (Å²) in [4.78, 5) is 0. The lowest BCUT2D eigenvalue weighted by Crippen LogP contribution is -1.99. The van der Waals surface area contributed by atoms with Crippen LogP contribution in [0.15, 0.2) is 53.3 Å². The number of nitrogen functional groups attached to an aromatic ring is 1. The van der Waals surface area contributed by atoms with Gasteiger partial charge in [0.1, 0.15) is 5.69 Å². The molecule has 2 aromatic heterocycles. The van der Waals surface area contributed by atoms with Gasteiger partial charge in [-0.05, 0) is 5.56 Å². The molecule has 0 atom stereocenters. The monoisotopic (exact) mass is 240 g/mol. The Hall–Kier alpha value is -2.56. The molecule has 0 aliphatic rings. The summed E-state index contributed by atoms with van der Waals surface area (Å²) in [6.07, 6.45) is 3.67. The van der Waals surface area contributed by atoms with Crippen LogP contribution in [0, 0.1) is 0 Å². The number of hydrogen-bond acceptors (Lipinski definition) is 4. The third kappa shape index (κ3) is 2.10.